The Morgan fingerprint density at radius 3 is 2.83 bits per heavy atom. The maximum atomic E-state index is 5.86. The van der Waals surface area contributed by atoms with Crippen molar-refractivity contribution in [2.24, 2.45) is 0 Å². The molecule has 0 saturated carbocycles. The number of hydrogen-bond donors (Lipinski definition) is 2. The molecule has 2 heterocycles. The molecule has 0 fully saturated rings. The fourth-order valence-electron chi connectivity index (χ4n) is 1.95. The highest BCUT2D eigenvalue weighted by atomic mass is 79.9. The molecule has 18 heavy (non-hydrogen) atoms. The molecule has 0 spiro atoms. The SMILES string of the molecule is C.CCNC(CC)c1nc(Br)c2c(N)nccn12. The number of anilines is 1. The quantitative estimate of drug-likeness (QED) is 0.910. The summed E-state index contributed by atoms with van der Waals surface area (Å²) in [5.74, 6) is 1.45. The lowest BCUT2D eigenvalue weighted by Crippen LogP contribution is -2.22. The van der Waals surface area contributed by atoms with E-state index < -0.39 is 0 Å². The summed E-state index contributed by atoms with van der Waals surface area (Å²) in [6.07, 6.45) is 4.55. The monoisotopic (exact) mass is 313 g/mol. The predicted octanol–water partition coefficient (Wildman–Crippen LogP) is 2.77. The van der Waals surface area contributed by atoms with Crippen molar-refractivity contribution in [2.45, 2.75) is 33.7 Å². The Labute approximate surface area is 116 Å². The van der Waals surface area contributed by atoms with Gasteiger partial charge in [-0.3, -0.25) is 4.40 Å². The molecule has 0 radical (unpaired) electrons. The zero-order valence-corrected chi connectivity index (χ0v) is 11.5. The summed E-state index contributed by atoms with van der Waals surface area (Å²) >= 11 is 3.44. The second kappa shape index (κ2) is 6.15. The van der Waals surface area contributed by atoms with E-state index in [0.29, 0.717) is 5.82 Å². The Bertz CT molecular complexity index is 522. The largest absolute Gasteiger partial charge is 0.382 e. The highest BCUT2D eigenvalue weighted by Gasteiger charge is 2.18. The summed E-state index contributed by atoms with van der Waals surface area (Å²) in [5, 5.41) is 3.41. The van der Waals surface area contributed by atoms with Crippen LogP contribution in [0.25, 0.3) is 5.52 Å². The molecular formula is C12H20BrN5. The number of nitrogens with zero attached hydrogens (tertiary/aromatic N) is 3. The second-order valence-electron chi connectivity index (χ2n) is 3.81. The van der Waals surface area contributed by atoms with E-state index in [2.05, 4.69) is 45.1 Å². The molecule has 0 saturated heterocycles. The molecule has 2 aromatic rings. The van der Waals surface area contributed by atoms with Crippen LogP contribution in [0.3, 0.4) is 0 Å². The average molecular weight is 314 g/mol. The molecule has 0 amide bonds. The van der Waals surface area contributed by atoms with Crippen LogP contribution in [-0.4, -0.2) is 20.9 Å². The minimum absolute atomic E-state index is 0. The van der Waals surface area contributed by atoms with Crippen LogP contribution in [0.2, 0.25) is 0 Å². The van der Waals surface area contributed by atoms with Crippen LogP contribution in [0.4, 0.5) is 5.82 Å². The summed E-state index contributed by atoms with van der Waals surface area (Å²) in [6.45, 7) is 5.13. The summed E-state index contributed by atoms with van der Waals surface area (Å²) in [6, 6.07) is 0.223. The van der Waals surface area contributed by atoms with E-state index in [1.165, 1.54) is 0 Å². The highest BCUT2D eigenvalue weighted by Crippen LogP contribution is 2.26. The normalized spacial score (nSPS) is 12.4. The molecule has 5 nitrogen and oxygen atoms in total. The highest BCUT2D eigenvalue weighted by molar-refractivity contribution is 9.10. The molecule has 0 aliphatic heterocycles. The van der Waals surface area contributed by atoms with Crippen molar-refractivity contribution in [1.29, 1.82) is 0 Å². The summed E-state index contributed by atoms with van der Waals surface area (Å²) in [5.41, 5.74) is 6.70. The first-order valence-corrected chi connectivity index (χ1v) is 6.49. The Balaban J connectivity index is 0.00000162. The van der Waals surface area contributed by atoms with Crippen molar-refractivity contribution in [3.05, 3.63) is 22.8 Å². The molecule has 2 aromatic heterocycles. The Hall–Kier alpha value is -1.14. The molecule has 1 unspecified atom stereocenters. The van der Waals surface area contributed by atoms with Gasteiger partial charge in [0.1, 0.15) is 15.9 Å². The van der Waals surface area contributed by atoms with Gasteiger partial charge in [0.05, 0.1) is 6.04 Å². The molecule has 6 heteroatoms. The second-order valence-corrected chi connectivity index (χ2v) is 4.56. The smallest absolute Gasteiger partial charge is 0.150 e. The first kappa shape index (κ1) is 14.9. The minimum Gasteiger partial charge on any atom is -0.382 e. The number of nitrogens with two attached hydrogens (primary N) is 1. The van der Waals surface area contributed by atoms with Crippen LogP contribution in [0.15, 0.2) is 17.0 Å². The standard InChI is InChI=1S/C11H16BrN5.CH4/c1-3-7(14-4-2)11-16-9(12)8-10(13)15-5-6-17(8)11;/h5-7,14H,3-4H2,1-2H3,(H2,13,15);1H4. The van der Waals surface area contributed by atoms with Crippen LogP contribution < -0.4 is 11.1 Å². The van der Waals surface area contributed by atoms with Crippen LogP contribution >= 0.6 is 15.9 Å². The van der Waals surface area contributed by atoms with Crippen molar-refractivity contribution >= 4 is 27.3 Å². The van der Waals surface area contributed by atoms with Crippen LogP contribution in [-0.2, 0) is 0 Å². The van der Waals surface area contributed by atoms with E-state index in [1.807, 2.05) is 10.6 Å². The first-order chi connectivity index (χ1) is 8.19. The minimum atomic E-state index is 0. The molecule has 0 aliphatic rings. The van der Waals surface area contributed by atoms with Gasteiger partial charge in [-0.25, -0.2) is 9.97 Å². The molecule has 3 N–H and O–H groups in total. The van der Waals surface area contributed by atoms with Gasteiger partial charge in [-0.1, -0.05) is 21.3 Å². The van der Waals surface area contributed by atoms with Gasteiger partial charge in [0.2, 0.25) is 0 Å². The van der Waals surface area contributed by atoms with Crippen LogP contribution in [0.5, 0.6) is 0 Å². The lowest BCUT2D eigenvalue weighted by atomic mass is 10.2. The number of hydrogen-bond acceptors (Lipinski definition) is 4. The van der Waals surface area contributed by atoms with Crippen molar-refractivity contribution in [1.82, 2.24) is 19.7 Å². The van der Waals surface area contributed by atoms with Gasteiger partial charge in [0, 0.05) is 12.4 Å². The number of aromatic nitrogens is 3. The molecular weight excluding hydrogens is 294 g/mol. The number of rotatable bonds is 4. The van der Waals surface area contributed by atoms with Gasteiger partial charge in [-0.2, -0.15) is 0 Å². The number of nitrogen functional groups attached to an aromatic ring is 1. The van der Waals surface area contributed by atoms with Gasteiger partial charge >= 0.3 is 0 Å². The lowest BCUT2D eigenvalue weighted by molar-refractivity contribution is 0.508. The predicted molar refractivity (Wildman–Crippen MR) is 78.5 cm³/mol. The molecule has 0 aromatic carbocycles. The van der Waals surface area contributed by atoms with Gasteiger partial charge in [0.25, 0.3) is 0 Å². The maximum absolute atomic E-state index is 5.86. The van der Waals surface area contributed by atoms with Gasteiger partial charge < -0.3 is 11.1 Å². The van der Waals surface area contributed by atoms with Crippen molar-refractivity contribution in [3.8, 4) is 0 Å². The summed E-state index contributed by atoms with van der Waals surface area (Å²) in [7, 11) is 0. The molecule has 1 atom stereocenters. The number of fused-ring (bicyclic) bond motifs is 1. The van der Waals surface area contributed by atoms with Crippen molar-refractivity contribution in [2.75, 3.05) is 12.3 Å². The van der Waals surface area contributed by atoms with Crippen molar-refractivity contribution in [3.63, 3.8) is 0 Å². The van der Waals surface area contributed by atoms with Gasteiger partial charge in [0.15, 0.2) is 5.82 Å². The number of halogens is 1. The molecule has 2 rings (SSSR count). The summed E-state index contributed by atoms with van der Waals surface area (Å²) < 4.78 is 2.73. The zero-order chi connectivity index (χ0) is 12.4. The molecule has 0 bridgehead atoms. The third kappa shape index (κ3) is 2.49. The zero-order valence-electron chi connectivity index (χ0n) is 9.94. The van der Waals surface area contributed by atoms with E-state index in [4.69, 9.17) is 5.73 Å². The van der Waals surface area contributed by atoms with E-state index in [-0.39, 0.29) is 13.5 Å². The van der Waals surface area contributed by atoms with Crippen molar-refractivity contribution < 1.29 is 0 Å². The Kier molecular flexibility index (Phi) is 5.10. The Morgan fingerprint density at radius 1 is 1.50 bits per heavy atom. The third-order valence-electron chi connectivity index (χ3n) is 2.74. The topological polar surface area (TPSA) is 68.2 Å². The fourth-order valence-corrected chi connectivity index (χ4v) is 2.53. The molecule has 0 aliphatic carbocycles. The van der Waals surface area contributed by atoms with Crippen LogP contribution in [0.1, 0.15) is 39.6 Å². The lowest BCUT2D eigenvalue weighted by Gasteiger charge is -2.14. The maximum Gasteiger partial charge on any atom is 0.150 e. The number of nitrogens with one attached hydrogen (secondary N) is 1. The van der Waals surface area contributed by atoms with Gasteiger partial charge in [-0.15, -0.1) is 0 Å². The first-order valence-electron chi connectivity index (χ1n) is 5.70. The molecule has 100 valence electrons. The van der Waals surface area contributed by atoms with Gasteiger partial charge in [-0.05, 0) is 28.9 Å². The average Bonchev–Trinajstić information content (AvgIpc) is 2.65. The van der Waals surface area contributed by atoms with E-state index >= 15 is 0 Å². The fraction of sp³-hybridized carbons (Fsp3) is 0.500. The van der Waals surface area contributed by atoms with E-state index in [0.717, 1.165) is 28.9 Å². The van der Waals surface area contributed by atoms with E-state index in [9.17, 15) is 0 Å². The van der Waals surface area contributed by atoms with E-state index in [1.54, 1.807) is 6.20 Å². The number of imidazole rings is 1. The summed E-state index contributed by atoms with van der Waals surface area (Å²) in [4.78, 5) is 8.62. The third-order valence-corrected chi connectivity index (χ3v) is 3.29. The van der Waals surface area contributed by atoms with Crippen LogP contribution in [0, 0.1) is 0 Å². The Morgan fingerprint density at radius 2 is 2.22 bits per heavy atom.